The van der Waals surface area contributed by atoms with Gasteiger partial charge in [0.25, 0.3) is 0 Å². The highest BCUT2D eigenvalue weighted by molar-refractivity contribution is 5.57. The summed E-state index contributed by atoms with van der Waals surface area (Å²) in [6.07, 6.45) is 2.35. The molecule has 0 amide bonds. The molecule has 0 saturated carbocycles. The molecule has 0 radical (unpaired) electrons. The fourth-order valence-corrected chi connectivity index (χ4v) is 5.71. The predicted molar refractivity (Wildman–Crippen MR) is 179 cm³/mol. The monoisotopic (exact) mass is 556 g/mol. The summed E-state index contributed by atoms with van der Waals surface area (Å²) in [4.78, 5) is 0. The van der Waals surface area contributed by atoms with Gasteiger partial charge in [-0.05, 0) is 101 Å². The first-order chi connectivity index (χ1) is 18.7. The quantitative estimate of drug-likeness (QED) is 0.246. The Morgan fingerprint density at radius 2 is 1.24 bits per heavy atom. The molecule has 0 aliphatic rings. The minimum absolute atomic E-state index is 0.00751. The van der Waals surface area contributed by atoms with Crippen LogP contribution in [-0.4, -0.2) is 5.11 Å². The first kappa shape index (κ1) is 32.6. The standard InChI is InChI=1S/C38H56N2O/c1-26(24-35(2,3)4)21-27-13-15-29(16-14-27)38(11,12)40-32-19-17-31(18-20-32)39-25-28-22-30(36(5,6)7)23-33(34(28)41)37(8,9)10/h13-20,22-23,26,39-41H,21,24-25H2,1-12H3. The van der Waals surface area contributed by atoms with E-state index in [2.05, 4.69) is 154 Å². The number of rotatable bonds is 9. The molecule has 0 saturated heterocycles. The fraction of sp³-hybridized carbons (Fsp3) is 0.526. The van der Waals surface area contributed by atoms with Crippen molar-refractivity contribution in [3.8, 4) is 5.75 Å². The van der Waals surface area contributed by atoms with Gasteiger partial charge in [-0.2, -0.15) is 0 Å². The molecule has 0 aliphatic heterocycles. The zero-order chi connectivity index (χ0) is 30.8. The largest absolute Gasteiger partial charge is 0.507 e. The number of phenols is 1. The minimum Gasteiger partial charge on any atom is -0.507 e. The maximum absolute atomic E-state index is 11.1. The molecule has 3 heteroatoms. The number of benzene rings is 3. The maximum atomic E-state index is 11.1. The predicted octanol–water partition coefficient (Wildman–Crippen LogP) is 10.6. The van der Waals surface area contributed by atoms with Crippen molar-refractivity contribution in [3.63, 3.8) is 0 Å². The summed E-state index contributed by atoms with van der Waals surface area (Å²) in [5.74, 6) is 1.07. The molecule has 3 rings (SSSR count). The lowest BCUT2D eigenvalue weighted by Gasteiger charge is -2.29. The van der Waals surface area contributed by atoms with Crippen LogP contribution in [-0.2, 0) is 29.3 Å². The van der Waals surface area contributed by atoms with Gasteiger partial charge in [-0.3, -0.25) is 0 Å². The number of nitrogens with one attached hydrogen (secondary N) is 2. The molecule has 1 unspecified atom stereocenters. The van der Waals surface area contributed by atoms with E-state index in [4.69, 9.17) is 0 Å². The van der Waals surface area contributed by atoms with Crippen molar-refractivity contribution >= 4 is 11.4 Å². The highest BCUT2D eigenvalue weighted by Crippen LogP contribution is 2.38. The van der Waals surface area contributed by atoms with Gasteiger partial charge in [0.05, 0.1) is 5.54 Å². The van der Waals surface area contributed by atoms with Crippen LogP contribution < -0.4 is 10.6 Å². The fourth-order valence-electron chi connectivity index (χ4n) is 5.71. The summed E-state index contributed by atoms with van der Waals surface area (Å²) in [6.45, 7) is 27.5. The molecule has 1 atom stereocenters. The Morgan fingerprint density at radius 3 is 1.76 bits per heavy atom. The van der Waals surface area contributed by atoms with E-state index in [9.17, 15) is 5.11 Å². The Kier molecular flexibility index (Phi) is 9.63. The van der Waals surface area contributed by atoms with Crippen molar-refractivity contribution in [2.75, 3.05) is 10.6 Å². The number of anilines is 2. The third-order valence-electron chi connectivity index (χ3n) is 7.91. The molecule has 0 aromatic heterocycles. The maximum Gasteiger partial charge on any atom is 0.124 e. The molecule has 0 spiro atoms. The SMILES string of the molecule is CC(Cc1ccc(C(C)(C)Nc2ccc(NCc3cc(C(C)(C)C)cc(C(C)(C)C)c3O)cc2)cc1)CC(C)(C)C. The average Bonchev–Trinajstić information content (AvgIpc) is 2.81. The van der Waals surface area contributed by atoms with E-state index in [1.165, 1.54) is 23.1 Å². The first-order valence-electron chi connectivity index (χ1n) is 15.3. The van der Waals surface area contributed by atoms with Crippen LogP contribution in [0, 0.1) is 11.3 Å². The smallest absolute Gasteiger partial charge is 0.124 e. The zero-order valence-electron chi connectivity index (χ0n) is 27.9. The highest BCUT2D eigenvalue weighted by Gasteiger charge is 2.25. The Morgan fingerprint density at radius 1 is 0.683 bits per heavy atom. The van der Waals surface area contributed by atoms with Gasteiger partial charge in [-0.25, -0.2) is 0 Å². The molecule has 3 aromatic rings. The van der Waals surface area contributed by atoms with Gasteiger partial charge >= 0.3 is 0 Å². The lowest BCUT2D eigenvalue weighted by atomic mass is 9.79. The molecule has 0 aliphatic carbocycles. The van der Waals surface area contributed by atoms with Crippen molar-refractivity contribution in [1.29, 1.82) is 0 Å². The highest BCUT2D eigenvalue weighted by atomic mass is 16.3. The third-order valence-corrected chi connectivity index (χ3v) is 7.91. The zero-order valence-corrected chi connectivity index (χ0v) is 27.9. The summed E-state index contributed by atoms with van der Waals surface area (Å²) in [7, 11) is 0. The molecule has 3 N–H and O–H groups in total. The van der Waals surface area contributed by atoms with Crippen LogP contribution in [0.4, 0.5) is 11.4 Å². The van der Waals surface area contributed by atoms with Gasteiger partial charge in [0, 0.05) is 23.5 Å². The van der Waals surface area contributed by atoms with Crippen LogP contribution >= 0.6 is 0 Å². The number of aromatic hydroxyl groups is 1. The van der Waals surface area contributed by atoms with E-state index in [1.807, 2.05) is 0 Å². The van der Waals surface area contributed by atoms with E-state index in [1.54, 1.807) is 0 Å². The number of phenolic OH excluding ortho intramolecular Hbond substituents is 1. The molecule has 0 heterocycles. The Balaban J connectivity index is 1.67. The van der Waals surface area contributed by atoms with Crippen LogP contribution in [0.3, 0.4) is 0 Å². The van der Waals surface area contributed by atoms with Crippen LogP contribution in [0.2, 0.25) is 0 Å². The molecular weight excluding hydrogens is 500 g/mol. The van der Waals surface area contributed by atoms with Gasteiger partial charge in [-0.1, -0.05) is 99.6 Å². The second-order valence-electron chi connectivity index (χ2n) is 16.0. The van der Waals surface area contributed by atoms with E-state index in [-0.39, 0.29) is 16.4 Å². The minimum atomic E-state index is -0.201. The summed E-state index contributed by atoms with van der Waals surface area (Å²) in [5.41, 5.74) is 8.00. The van der Waals surface area contributed by atoms with Crippen molar-refractivity contribution < 1.29 is 5.11 Å². The summed E-state index contributed by atoms with van der Waals surface area (Å²) in [5, 5.41) is 18.4. The normalized spacial score (nSPS) is 13.7. The van der Waals surface area contributed by atoms with Gasteiger partial charge in [0.2, 0.25) is 0 Å². The van der Waals surface area contributed by atoms with Gasteiger partial charge in [-0.15, -0.1) is 0 Å². The van der Waals surface area contributed by atoms with Gasteiger partial charge < -0.3 is 15.7 Å². The van der Waals surface area contributed by atoms with E-state index < -0.39 is 0 Å². The van der Waals surface area contributed by atoms with Gasteiger partial charge in [0.15, 0.2) is 0 Å². The average molecular weight is 557 g/mol. The lowest BCUT2D eigenvalue weighted by Crippen LogP contribution is -2.27. The summed E-state index contributed by atoms with van der Waals surface area (Å²) in [6, 6.07) is 21.9. The van der Waals surface area contributed by atoms with Crippen LogP contribution in [0.1, 0.15) is 117 Å². The summed E-state index contributed by atoms with van der Waals surface area (Å²) >= 11 is 0. The topological polar surface area (TPSA) is 44.3 Å². The van der Waals surface area contributed by atoms with Crippen molar-refractivity contribution in [2.24, 2.45) is 11.3 Å². The second-order valence-corrected chi connectivity index (χ2v) is 16.0. The number of hydrogen-bond acceptors (Lipinski definition) is 3. The molecule has 3 aromatic carbocycles. The van der Waals surface area contributed by atoms with Crippen molar-refractivity contribution in [2.45, 2.75) is 119 Å². The first-order valence-corrected chi connectivity index (χ1v) is 15.3. The summed E-state index contributed by atoms with van der Waals surface area (Å²) < 4.78 is 0. The molecule has 3 nitrogen and oxygen atoms in total. The molecule has 0 bridgehead atoms. The van der Waals surface area contributed by atoms with E-state index in [0.29, 0.717) is 23.6 Å². The van der Waals surface area contributed by atoms with Crippen LogP contribution in [0.15, 0.2) is 60.7 Å². The Hall–Kier alpha value is -2.94. The Labute approximate surface area is 251 Å². The molecule has 41 heavy (non-hydrogen) atoms. The third kappa shape index (κ3) is 9.28. The Bertz CT molecular complexity index is 1280. The van der Waals surface area contributed by atoms with Gasteiger partial charge in [0.1, 0.15) is 5.75 Å². The molecular formula is C38H56N2O. The lowest BCUT2D eigenvalue weighted by molar-refractivity contribution is 0.306. The van der Waals surface area contributed by atoms with Crippen LogP contribution in [0.5, 0.6) is 5.75 Å². The van der Waals surface area contributed by atoms with Crippen molar-refractivity contribution in [1.82, 2.24) is 0 Å². The molecule has 224 valence electrons. The van der Waals surface area contributed by atoms with Crippen LogP contribution in [0.25, 0.3) is 0 Å². The molecule has 0 fully saturated rings. The number of hydrogen-bond donors (Lipinski definition) is 3. The van der Waals surface area contributed by atoms with Crippen molar-refractivity contribution in [3.05, 3.63) is 88.5 Å². The second kappa shape index (κ2) is 12.1. The van der Waals surface area contributed by atoms with E-state index >= 15 is 0 Å². The van der Waals surface area contributed by atoms with E-state index in [0.717, 1.165) is 28.9 Å².